The van der Waals surface area contributed by atoms with E-state index in [0.29, 0.717) is 19.3 Å². The molecule has 0 heterocycles. The van der Waals surface area contributed by atoms with Crippen molar-refractivity contribution < 1.29 is 28.6 Å². The van der Waals surface area contributed by atoms with E-state index in [1.807, 2.05) is 0 Å². The second kappa shape index (κ2) is 55.7. The molecule has 0 saturated carbocycles. The summed E-state index contributed by atoms with van der Waals surface area (Å²) in [5.41, 5.74) is 0. The second-order valence-electron chi connectivity index (χ2n) is 22.2. The summed E-state index contributed by atoms with van der Waals surface area (Å²) in [6, 6.07) is 0. The van der Waals surface area contributed by atoms with Gasteiger partial charge in [0.25, 0.3) is 0 Å². The zero-order valence-corrected chi connectivity index (χ0v) is 47.5. The highest BCUT2D eigenvalue weighted by molar-refractivity contribution is 5.71. The number of hydrogen-bond acceptors (Lipinski definition) is 6. The van der Waals surface area contributed by atoms with Gasteiger partial charge in [0.2, 0.25) is 0 Å². The van der Waals surface area contributed by atoms with E-state index < -0.39 is 6.10 Å². The molecule has 6 heteroatoms. The highest BCUT2D eigenvalue weighted by Crippen LogP contribution is 2.19. The van der Waals surface area contributed by atoms with Crippen molar-refractivity contribution in [2.75, 3.05) is 13.2 Å². The first-order valence-electron chi connectivity index (χ1n) is 31.3. The Hall–Kier alpha value is -1.59. The summed E-state index contributed by atoms with van der Waals surface area (Å²) in [5.74, 6) is 0.922. The Morgan fingerprint density at radius 3 is 0.754 bits per heavy atom. The molecule has 6 nitrogen and oxygen atoms in total. The molecule has 0 aliphatic rings. The fraction of sp³-hybridized carbons (Fsp3) is 0.952. The lowest BCUT2D eigenvalue weighted by Crippen LogP contribution is -2.30. The summed E-state index contributed by atoms with van der Waals surface area (Å²) in [7, 11) is 0. The third-order valence-corrected chi connectivity index (χ3v) is 15.2. The third-order valence-electron chi connectivity index (χ3n) is 15.2. The van der Waals surface area contributed by atoms with E-state index in [1.54, 1.807) is 0 Å². The Morgan fingerprint density at radius 2 is 0.507 bits per heavy atom. The van der Waals surface area contributed by atoms with Gasteiger partial charge < -0.3 is 14.2 Å². The molecule has 0 N–H and O–H groups in total. The van der Waals surface area contributed by atoms with Crippen molar-refractivity contribution in [3.63, 3.8) is 0 Å². The minimum absolute atomic E-state index is 0.0625. The zero-order valence-electron chi connectivity index (χ0n) is 47.5. The maximum atomic E-state index is 12.9. The number of unbranched alkanes of at least 4 members (excludes halogenated alkanes) is 40. The molecular weight excluding hydrogens is 853 g/mol. The van der Waals surface area contributed by atoms with Gasteiger partial charge in [-0.2, -0.15) is 0 Å². The number of ether oxygens (including phenoxy) is 3. The zero-order chi connectivity index (χ0) is 50.4. The van der Waals surface area contributed by atoms with Crippen LogP contribution in [0, 0.1) is 11.8 Å². The van der Waals surface area contributed by atoms with Crippen LogP contribution in [0.2, 0.25) is 0 Å². The molecule has 0 aromatic heterocycles. The number of hydrogen-bond donors (Lipinski definition) is 0. The summed E-state index contributed by atoms with van der Waals surface area (Å²) in [4.78, 5) is 38.2. The third kappa shape index (κ3) is 54.0. The fourth-order valence-corrected chi connectivity index (χ4v) is 9.69. The van der Waals surface area contributed by atoms with E-state index in [-0.39, 0.29) is 31.1 Å². The van der Waals surface area contributed by atoms with Crippen LogP contribution in [0.1, 0.15) is 356 Å². The maximum absolute atomic E-state index is 12.9. The van der Waals surface area contributed by atoms with Crippen LogP contribution in [-0.2, 0) is 28.6 Å². The lowest BCUT2D eigenvalue weighted by molar-refractivity contribution is -0.167. The largest absolute Gasteiger partial charge is 0.462 e. The average Bonchev–Trinajstić information content (AvgIpc) is 3.35. The Labute approximate surface area is 431 Å². The normalized spacial score (nSPS) is 12.8. The van der Waals surface area contributed by atoms with Crippen LogP contribution in [0.25, 0.3) is 0 Å². The summed E-state index contributed by atoms with van der Waals surface area (Å²) < 4.78 is 16.9. The van der Waals surface area contributed by atoms with Gasteiger partial charge in [-0.05, 0) is 31.1 Å². The molecule has 0 spiro atoms. The summed E-state index contributed by atoms with van der Waals surface area (Å²) in [6.07, 6.45) is 60.9. The van der Waals surface area contributed by atoms with Gasteiger partial charge in [-0.15, -0.1) is 0 Å². The fourth-order valence-electron chi connectivity index (χ4n) is 9.69. The maximum Gasteiger partial charge on any atom is 0.306 e. The molecule has 410 valence electrons. The Morgan fingerprint density at radius 1 is 0.290 bits per heavy atom. The molecule has 0 amide bonds. The summed E-state index contributed by atoms with van der Waals surface area (Å²) >= 11 is 0. The minimum Gasteiger partial charge on any atom is -0.462 e. The number of esters is 3. The summed E-state index contributed by atoms with van der Waals surface area (Å²) in [6.45, 7) is 11.5. The van der Waals surface area contributed by atoms with Gasteiger partial charge in [-0.25, -0.2) is 0 Å². The Kier molecular flexibility index (Phi) is 54.4. The van der Waals surface area contributed by atoms with Crippen LogP contribution < -0.4 is 0 Å². The van der Waals surface area contributed by atoms with Gasteiger partial charge in [-0.1, -0.05) is 317 Å². The minimum atomic E-state index is -0.763. The van der Waals surface area contributed by atoms with Crippen LogP contribution in [0.4, 0.5) is 0 Å². The van der Waals surface area contributed by atoms with Crippen molar-refractivity contribution in [1.82, 2.24) is 0 Å². The van der Waals surface area contributed by atoms with Crippen molar-refractivity contribution in [3.05, 3.63) is 0 Å². The SMILES string of the molecule is CCCCCCCCCCCCCCCCCCCC(=O)O[C@H](COC(=O)CCCCCCCCCCCCCCCCCCCCC(C)CC)COC(=O)CCCCCCCCCCC(C)CC. The van der Waals surface area contributed by atoms with E-state index >= 15 is 0 Å². The van der Waals surface area contributed by atoms with Gasteiger partial charge in [-0.3, -0.25) is 14.4 Å². The number of rotatable bonds is 57. The van der Waals surface area contributed by atoms with Crippen LogP contribution in [0.5, 0.6) is 0 Å². The molecule has 0 radical (unpaired) electrons. The first-order valence-corrected chi connectivity index (χ1v) is 31.3. The van der Waals surface area contributed by atoms with Crippen LogP contribution in [0.3, 0.4) is 0 Å². The summed E-state index contributed by atoms with van der Waals surface area (Å²) in [5, 5.41) is 0. The Bertz CT molecular complexity index is 1060. The highest BCUT2D eigenvalue weighted by atomic mass is 16.6. The molecule has 0 saturated heterocycles. The van der Waals surface area contributed by atoms with Crippen LogP contribution >= 0.6 is 0 Å². The second-order valence-corrected chi connectivity index (χ2v) is 22.2. The molecule has 0 rings (SSSR count). The van der Waals surface area contributed by atoms with Gasteiger partial charge in [0.1, 0.15) is 13.2 Å². The van der Waals surface area contributed by atoms with Crippen molar-refractivity contribution in [3.8, 4) is 0 Å². The molecule has 3 atom stereocenters. The molecule has 0 aromatic rings. The van der Waals surface area contributed by atoms with Crippen molar-refractivity contribution >= 4 is 17.9 Å². The van der Waals surface area contributed by atoms with E-state index in [2.05, 4.69) is 34.6 Å². The molecular formula is C63H122O6. The molecule has 0 aliphatic carbocycles. The van der Waals surface area contributed by atoms with Gasteiger partial charge in [0, 0.05) is 19.3 Å². The topological polar surface area (TPSA) is 78.9 Å². The van der Waals surface area contributed by atoms with Crippen molar-refractivity contribution in [2.24, 2.45) is 11.8 Å². The average molecular weight is 976 g/mol. The number of carbonyl (C=O) groups is 3. The smallest absolute Gasteiger partial charge is 0.306 e. The predicted molar refractivity (Wildman–Crippen MR) is 298 cm³/mol. The van der Waals surface area contributed by atoms with Gasteiger partial charge >= 0.3 is 17.9 Å². The van der Waals surface area contributed by atoms with E-state index in [1.165, 1.54) is 244 Å². The van der Waals surface area contributed by atoms with Crippen LogP contribution in [0.15, 0.2) is 0 Å². The van der Waals surface area contributed by atoms with Gasteiger partial charge in [0.15, 0.2) is 6.10 Å². The first-order chi connectivity index (χ1) is 33.8. The van der Waals surface area contributed by atoms with Gasteiger partial charge in [0.05, 0.1) is 0 Å². The van der Waals surface area contributed by atoms with E-state index in [4.69, 9.17) is 14.2 Å². The standard InChI is InChI=1S/C63H122O6/c1-6-9-10-11-12-13-14-15-16-19-24-27-30-33-40-45-50-55-63(66)69-60(57-68-62(65)54-49-44-39-35-34-37-42-47-52-59(5)8-3)56-67-61(64)53-48-43-38-32-29-26-23-21-18-17-20-22-25-28-31-36-41-46-51-58(4)7-2/h58-60H,6-57H2,1-5H3/t58?,59?,60-/m1/s1. The highest BCUT2D eigenvalue weighted by Gasteiger charge is 2.19. The van der Waals surface area contributed by atoms with Crippen molar-refractivity contribution in [1.29, 1.82) is 0 Å². The molecule has 2 unspecified atom stereocenters. The molecule has 0 fully saturated rings. The lowest BCUT2D eigenvalue weighted by Gasteiger charge is -2.18. The van der Waals surface area contributed by atoms with E-state index in [0.717, 1.165) is 69.6 Å². The monoisotopic (exact) mass is 975 g/mol. The molecule has 0 aromatic carbocycles. The molecule has 69 heavy (non-hydrogen) atoms. The van der Waals surface area contributed by atoms with Crippen LogP contribution in [-0.4, -0.2) is 37.2 Å². The van der Waals surface area contributed by atoms with Crippen molar-refractivity contribution in [2.45, 2.75) is 362 Å². The first kappa shape index (κ1) is 67.4. The predicted octanol–water partition coefficient (Wildman–Crippen LogP) is 20.8. The lowest BCUT2D eigenvalue weighted by atomic mass is 9.99. The Balaban J connectivity index is 4.23. The molecule has 0 aliphatic heterocycles. The number of carbonyl (C=O) groups excluding carboxylic acids is 3. The quantitative estimate of drug-likeness (QED) is 0.0343. The molecule has 0 bridgehead atoms. The van der Waals surface area contributed by atoms with E-state index in [9.17, 15) is 14.4 Å².